The summed E-state index contributed by atoms with van der Waals surface area (Å²) in [5.41, 5.74) is 1.27. The molecule has 0 unspecified atom stereocenters. The zero-order valence-corrected chi connectivity index (χ0v) is 9.65. The van der Waals surface area contributed by atoms with E-state index in [9.17, 15) is 0 Å². The highest BCUT2D eigenvalue weighted by Gasteiger charge is 2.09. The third-order valence-corrected chi connectivity index (χ3v) is 3.24. The van der Waals surface area contributed by atoms with E-state index in [-0.39, 0.29) is 0 Å². The highest BCUT2D eigenvalue weighted by Crippen LogP contribution is 2.09. The molecule has 1 saturated heterocycles. The van der Waals surface area contributed by atoms with Crippen LogP contribution in [0.5, 0.6) is 0 Å². The summed E-state index contributed by atoms with van der Waals surface area (Å²) in [5.74, 6) is 0. The van der Waals surface area contributed by atoms with Gasteiger partial charge in [0.2, 0.25) is 0 Å². The minimum atomic E-state index is 1.12. The van der Waals surface area contributed by atoms with Crippen LogP contribution in [0.1, 0.15) is 31.4 Å². The van der Waals surface area contributed by atoms with Crippen LogP contribution in [0, 0.1) is 6.92 Å². The third-order valence-electron chi connectivity index (χ3n) is 3.24. The van der Waals surface area contributed by atoms with Gasteiger partial charge in [0.1, 0.15) is 0 Å². The van der Waals surface area contributed by atoms with Crippen molar-refractivity contribution in [2.75, 3.05) is 19.6 Å². The van der Waals surface area contributed by atoms with Crippen LogP contribution in [0.25, 0.3) is 0 Å². The first-order valence-corrected chi connectivity index (χ1v) is 6.05. The lowest BCUT2D eigenvalue weighted by Gasteiger charge is -2.14. The molecule has 3 nitrogen and oxygen atoms in total. The van der Waals surface area contributed by atoms with Gasteiger partial charge in [0.05, 0.1) is 6.33 Å². The predicted octanol–water partition coefficient (Wildman–Crippen LogP) is 2.07. The van der Waals surface area contributed by atoms with Crippen molar-refractivity contribution in [2.24, 2.45) is 0 Å². The van der Waals surface area contributed by atoms with Gasteiger partial charge in [-0.2, -0.15) is 0 Å². The molecule has 1 aliphatic heterocycles. The number of hydrogen-bond donors (Lipinski definition) is 0. The lowest BCUT2D eigenvalue weighted by atomic mass is 10.3. The first-order chi connectivity index (χ1) is 7.36. The maximum atomic E-state index is 4.13. The third kappa shape index (κ3) is 3.06. The van der Waals surface area contributed by atoms with Crippen LogP contribution in [0.2, 0.25) is 0 Å². The molecule has 1 aromatic heterocycles. The van der Waals surface area contributed by atoms with Crippen molar-refractivity contribution in [2.45, 2.75) is 39.2 Å². The Kier molecular flexibility index (Phi) is 3.78. The second-order valence-corrected chi connectivity index (χ2v) is 4.48. The van der Waals surface area contributed by atoms with E-state index in [2.05, 4.69) is 21.4 Å². The van der Waals surface area contributed by atoms with Crippen molar-refractivity contribution in [3.8, 4) is 0 Å². The molecular formula is C12H21N3. The van der Waals surface area contributed by atoms with Gasteiger partial charge in [-0.1, -0.05) is 0 Å². The monoisotopic (exact) mass is 207 g/mol. The lowest BCUT2D eigenvalue weighted by Crippen LogP contribution is -2.20. The van der Waals surface area contributed by atoms with E-state index >= 15 is 0 Å². The van der Waals surface area contributed by atoms with E-state index in [1.807, 2.05) is 12.5 Å². The van der Waals surface area contributed by atoms with Crippen LogP contribution >= 0.6 is 0 Å². The van der Waals surface area contributed by atoms with Crippen LogP contribution in [0.15, 0.2) is 12.5 Å². The highest BCUT2D eigenvalue weighted by atomic mass is 15.1. The number of imidazole rings is 1. The van der Waals surface area contributed by atoms with Crippen LogP contribution in [0.3, 0.4) is 0 Å². The largest absolute Gasteiger partial charge is 0.335 e. The summed E-state index contributed by atoms with van der Waals surface area (Å²) in [6.45, 7) is 7.18. The number of aromatic nitrogens is 2. The van der Waals surface area contributed by atoms with Crippen molar-refractivity contribution < 1.29 is 0 Å². The van der Waals surface area contributed by atoms with Crippen molar-refractivity contribution >= 4 is 0 Å². The van der Waals surface area contributed by atoms with Gasteiger partial charge in [0, 0.05) is 18.4 Å². The van der Waals surface area contributed by atoms with Crippen molar-refractivity contribution in [1.29, 1.82) is 0 Å². The molecule has 1 aromatic rings. The van der Waals surface area contributed by atoms with Gasteiger partial charge in [-0.05, 0) is 52.2 Å². The SMILES string of the molecule is Cc1cncn1CCCCN1CCCC1. The standard InChI is InChI=1S/C12H21N3/c1-12-10-13-11-15(12)9-5-4-8-14-6-2-3-7-14/h10-11H,2-9H2,1H3. The first-order valence-electron chi connectivity index (χ1n) is 6.05. The molecule has 0 radical (unpaired) electrons. The van der Waals surface area contributed by atoms with Gasteiger partial charge in [-0.15, -0.1) is 0 Å². The van der Waals surface area contributed by atoms with Crippen LogP contribution in [-0.2, 0) is 6.54 Å². The zero-order valence-electron chi connectivity index (χ0n) is 9.65. The predicted molar refractivity (Wildman–Crippen MR) is 61.9 cm³/mol. The Balaban J connectivity index is 1.60. The van der Waals surface area contributed by atoms with E-state index in [0.29, 0.717) is 0 Å². The molecule has 1 aliphatic rings. The summed E-state index contributed by atoms with van der Waals surface area (Å²) < 4.78 is 2.24. The molecule has 3 heteroatoms. The zero-order chi connectivity index (χ0) is 10.5. The van der Waals surface area contributed by atoms with Gasteiger partial charge in [-0.25, -0.2) is 4.98 Å². The Morgan fingerprint density at radius 3 is 2.60 bits per heavy atom. The molecule has 0 saturated carbocycles. The smallest absolute Gasteiger partial charge is 0.0948 e. The average Bonchev–Trinajstić information content (AvgIpc) is 2.85. The number of rotatable bonds is 5. The fourth-order valence-corrected chi connectivity index (χ4v) is 2.24. The van der Waals surface area contributed by atoms with Gasteiger partial charge in [0.15, 0.2) is 0 Å². The average molecular weight is 207 g/mol. The number of nitrogens with zero attached hydrogens (tertiary/aromatic N) is 3. The first kappa shape index (κ1) is 10.7. The maximum Gasteiger partial charge on any atom is 0.0948 e. The summed E-state index contributed by atoms with van der Waals surface area (Å²) in [6, 6.07) is 0. The van der Waals surface area contributed by atoms with E-state index in [1.165, 1.54) is 51.0 Å². The minimum Gasteiger partial charge on any atom is -0.335 e. The van der Waals surface area contributed by atoms with Gasteiger partial charge in [-0.3, -0.25) is 0 Å². The molecule has 15 heavy (non-hydrogen) atoms. The van der Waals surface area contributed by atoms with E-state index < -0.39 is 0 Å². The summed E-state index contributed by atoms with van der Waals surface area (Å²) in [7, 11) is 0. The molecular weight excluding hydrogens is 186 g/mol. The molecule has 2 heterocycles. The van der Waals surface area contributed by atoms with E-state index in [4.69, 9.17) is 0 Å². The Bertz CT molecular complexity index is 287. The van der Waals surface area contributed by atoms with Crippen LogP contribution < -0.4 is 0 Å². The number of likely N-dealkylation sites (tertiary alicyclic amines) is 1. The fraction of sp³-hybridized carbons (Fsp3) is 0.750. The van der Waals surface area contributed by atoms with Crippen molar-refractivity contribution in [3.05, 3.63) is 18.2 Å². The number of hydrogen-bond acceptors (Lipinski definition) is 2. The molecule has 2 rings (SSSR count). The number of aryl methyl sites for hydroxylation is 2. The highest BCUT2D eigenvalue weighted by molar-refractivity contribution is 4.93. The molecule has 0 atom stereocenters. The Labute approximate surface area is 92.1 Å². The second kappa shape index (κ2) is 5.31. The summed E-state index contributed by atoms with van der Waals surface area (Å²) >= 11 is 0. The van der Waals surface area contributed by atoms with Crippen LogP contribution in [0.4, 0.5) is 0 Å². The van der Waals surface area contributed by atoms with E-state index in [1.54, 1.807) is 0 Å². The van der Waals surface area contributed by atoms with Gasteiger partial charge >= 0.3 is 0 Å². The maximum absolute atomic E-state index is 4.13. The molecule has 1 fully saturated rings. The fourth-order valence-electron chi connectivity index (χ4n) is 2.24. The topological polar surface area (TPSA) is 21.1 Å². The van der Waals surface area contributed by atoms with Gasteiger partial charge in [0.25, 0.3) is 0 Å². The molecule has 0 spiro atoms. The summed E-state index contributed by atoms with van der Waals surface area (Å²) in [5, 5.41) is 0. The minimum absolute atomic E-state index is 1.12. The van der Waals surface area contributed by atoms with Gasteiger partial charge < -0.3 is 9.47 Å². The molecule has 0 amide bonds. The van der Waals surface area contributed by atoms with E-state index in [0.717, 1.165) is 6.54 Å². The Morgan fingerprint density at radius 1 is 1.20 bits per heavy atom. The molecule has 0 N–H and O–H groups in total. The van der Waals surface area contributed by atoms with Crippen molar-refractivity contribution in [1.82, 2.24) is 14.5 Å². The quantitative estimate of drug-likeness (QED) is 0.689. The molecule has 84 valence electrons. The van der Waals surface area contributed by atoms with Crippen LogP contribution in [-0.4, -0.2) is 34.1 Å². The summed E-state index contributed by atoms with van der Waals surface area (Å²) in [6.07, 6.45) is 9.26. The molecule has 0 aromatic carbocycles. The van der Waals surface area contributed by atoms with Crippen molar-refractivity contribution in [3.63, 3.8) is 0 Å². The number of unbranched alkanes of at least 4 members (excludes halogenated alkanes) is 1. The summed E-state index contributed by atoms with van der Waals surface area (Å²) in [4.78, 5) is 6.71. The molecule has 0 bridgehead atoms. The lowest BCUT2D eigenvalue weighted by molar-refractivity contribution is 0.326. The Hall–Kier alpha value is -0.830. The Morgan fingerprint density at radius 2 is 1.93 bits per heavy atom. The second-order valence-electron chi connectivity index (χ2n) is 4.48. The molecule has 0 aliphatic carbocycles. The normalized spacial score (nSPS) is 17.4.